The Bertz CT molecular complexity index is 1150. The lowest BCUT2D eigenvalue weighted by Gasteiger charge is -2.33. The van der Waals surface area contributed by atoms with Crippen LogP contribution in [-0.2, 0) is 10.0 Å². The van der Waals surface area contributed by atoms with Crippen LogP contribution in [0.2, 0.25) is 5.02 Å². The summed E-state index contributed by atoms with van der Waals surface area (Å²) in [7, 11) is -3.46. The summed E-state index contributed by atoms with van der Waals surface area (Å²) in [4.78, 5) is 2.05. The fourth-order valence-corrected chi connectivity index (χ4v) is 4.67. The van der Waals surface area contributed by atoms with Gasteiger partial charge in [0.15, 0.2) is 5.82 Å². The predicted octanol–water partition coefficient (Wildman–Crippen LogP) is 4.23. The van der Waals surface area contributed by atoms with Crippen molar-refractivity contribution < 1.29 is 8.42 Å². The van der Waals surface area contributed by atoms with E-state index in [2.05, 4.69) is 10.2 Å². The largest absolute Gasteiger partial charge is 0.352 e. The molecule has 0 aliphatic carbocycles. The van der Waals surface area contributed by atoms with E-state index in [0.29, 0.717) is 31.2 Å². The summed E-state index contributed by atoms with van der Waals surface area (Å²) in [5, 5.41) is 10.6. The van der Waals surface area contributed by atoms with E-state index < -0.39 is 10.0 Å². The van der Waals surface area contributed by atoms with Crippen LogP contribution in [0.1, 0.15) is 11.1 Å². The van der Waals surface area contributed by atoms with Crippen molar-refractivity contribution in [2.75, 3.05) is 31.1 Å². The molecule has 2 aromatic carbocycles. The molecular formula is C23H23ClN4O2S. The number of halogens is 1. The van der Waals surface area contributed by atoms with Crippen LogP contribution >= 0.6 is 11.6 Å². The number of piperazine rings is 1. The van der Waals surface area contributed by atoms with Gasteiger partial charge in [-0.3, -0.25) is 0 Å². The third-order valence-corrected chi connectivity index (χ3v) is 7.04. The molecule has 1 aliphatic heterocycles. The van der Waals surface area contributed by atoms with Gasteiger partial charge in [-0.05, 0) is 42.8 Å². The minimum absolute atomic E-state index is 0.404. The van der Waals surface area contributed by atoms with Gasteiger partial charge >= 0.3 is 0 Å². The third-order valence-electron chi connectivity index (χ3n) is 5.22. The molecule has 0 radical (unpaired) electrons. The molecule has 0 unspecified atom stereocenters. The smallest absolute Gasteiger partial charge is 0.236 e. The normalized spacial score (nSPS) is 15.5. The van der Waals surface area contributed by atoms with E-state index in [-0.39, 0.29) is 0 Å². The summed E-state index contributed by atoms with van der Waals surface area (Å²) in [6, 6.07) is 19.0. The topological polar surface area (TPSA) is 66.4 Å². The average molecular weight is 455 g/mol. The molecule has 160 valence electrons. The van der Waals surface area contributed by atoms with E-state index in [9.17, 15) is 8.42 Å². The third kappa shape index (κ3) is 5.31. The second-order valence-corrected chi connectivity index (χ2v) is 9.68. The number of nitrogens with zero attached hydrogens (tertiary/aromatic N) is 4. The molecule has 1 saturated heterocycles. The molecular weight excluding hydrogens is 432 g/mol. The maximum Gasteiger partial charge on any atom is 0.236 e. The number of benzene rings is 2. The SMILES string of the molecule is Cc1ccc(/C=C\S(=O)(=O)N2CCN(c3ccc(-c4ccc(Cl)cc4)nn3)CC2)cc1. The van der Waals surface area contributed by atoms with Gasteiger partial charge in [0.25, 0.3) is 0 Å². The van der Waals surface area contributed by atoms with Crippen molar-refractivity contribution in [3.63, 3.8) is 0 Å². The Kier molecular flexibility index (Phi) is 6.36. The first-order valence-corrected chi connectivity index (χ1v) is 11.9. The maximum atomic E-state index is 12.7. The molecule has 31 heavy (non-hydrogen) atoms. The van der Waals surface area contributed by atoms with Crippen LogP contribution in [0.3, 0.4) is 0 Å². The van der Waals surface area contributed by atoms with Gasteiger partial charge in [0, 0.05) is 42.2 Å². The predicted molar refractivity (Wildman–Crippen MR) is 125 cm³/mol. The van der Waals surface area contributed by atoms with Crippen molar-refractivity contribution >= 4 is 33.5 Å². The summed E-state index contributed by atoms with van der Waals surface area (Å²) in [6.07, 6.45) is 1.64. The van der Waals surface area contributed by atoms with E-state index in [1.165, 1.54) is 9.71 Å². The fourth-order valence-electron chi connectivity index (χ4n) is 3.37. The highest BCUT2D eigenvalue weighted by Gasteiger charge is 2.25. The monoisotopic (exact) mass is 454 g/mol. The van der Waals surface area contributed by atoms with Crippen LogP contribution in [0, 0.1) is 6.92 Å². The Balaban J connectivity index is 1.37. The van der Waals surface area contributed by atoms with Crippen molar-refractivity contribution in [1.29, 1.82) is 0 Å². The first kappa shape index (κ1) is 21.5. The Labute approximate surface area is 187 Å². The highest BCUT2D eigenvalue weighted by molar-refractivity contribution is 7.92. The van der Waals surface area contributed by atoms with E-state index >= 15 is 0 Å². The zero-order valence-corrected chi connectivity index (χ0v) is 18.7. The Hall–Kier alpha value is -2.74. The van der Waals surface area contributed by atoms with Crippen LogP contribution in [-0.4, -0.2) is 49.1 Å². The van der Waals surface area contributed by atoms with E-state index in [4.69, 9.17) is 11.6 Å². The number of aryl methyl sites for hydroxylation is 1. The Morgan fingerprint density at radius 2 is 1.55 bits per heavy atom. The minimum atomic E-state index is -3.46. The van der Waals surface area contributed by atoms with Gasteiger partial charge in [0.1, 0.15) is 0 Å². The summed E-state index contributed by atoms with van der Waals surface area (Å²) in [5.74, 6) is 0.741. The quantitative estimate of drug-likeness (QED) is 0.577. The molecule has 0 N–H and O–H groups in total. The number of rotatable bonds is 5. The number of anilines is 1. The molecule has 0 bridgehead atoms. The summed E-state index contributed by atoms with van der Waals surface area (Å²) < 4.78 is 26.9. The highest BCUT2D eigenvalue weighted by Crippen LogP contribution is 2.22. The van der Waals surface area contributed by atoms with Crippen LogP contribution in [0.5, 0.6) is 0 Å². The maximum absolute atomic E-state index is 12.7. The first-order chi connectivity index (χ1) is 14.9. The van der Waals surface area contributed by atoms with Crippen molar-refractivity contribution in [2.45, 2.75) is 6.92 Å². The highest BCUT2D eigenvalue weighted by atomic mass is 35.5. The zero-order chi connectivity index (χ0) is 21.8. The number of sulfonamides is 1. The van der Waals surface area contributed by atoms with Gasteiger partial charge in [-0.25, -0.2) is 8.42 Å². The molecule has 0 atom stereocenters. The van der Waals surface area contributed by atoms with Crippen molar-refractivity contribution in [3.05, 3.63) is 82.2 Å². The zero-order valence-electron chi connectivity index (χ0n) is 17.1. The fraction of sp³-hybridized carbons (Fsp3) is 0.217. The van der Waals surface area contributed by atoms with Crippen LogP contribution in [0.4, 0.5) is 5.82 Å². The van der Waals surface area contributed by atoms with E-state index in [1.807, 2.05) is 72.5 Å². The lowest BCUT2D eigenvalue weighted by Crippen LogP contribution is -2.48. The summed E-state index contributed by atoms with van der Waals surface area (Å²) >= 11 is 5.93. The minimum Gasteiger partial charge on any atom is -0.352 e. The average Bonchev–Trinajstić information content (AvgIpc) is 2.79. The van der Waals surface area contributed by atoms with Gasteiger partial charge in [-0.2, -0.15) is 4.31 Å². The number of aromatic nitrogens is 2. The number of hydrogen-bond donors (Lipinski definition) is 0. The van der Waals surface area contributed by atoms with Crippen LogP contribution < -0.4 is 4.90 Å². The van der Waals surface area contributed by atoms with Crippen molar-refractivity contribution in [1.82, 2.24) is 14.5 Å². The van der Waals surface area contributed by atoms with Crippen LogP contribution in [0.15, 0.2) is 66.1 Å². The molecule has 1 fully saturated rings. The standard InChI is InChI=1S/C23H23ClN4O2S/c1-18-2-4-19(5-3-18)12-17-31(29,30)28-15-13-27(14-16-28)23-11-10-22(25-26-23)20-6-8-21(24)9-7-20/h2-12,17H,13-16H2,1H3/b17-12-. The molecule has 0 saturated carbocycles. The second kappa shape index (κ2) is 9.18. The molecule has 6 nitrogen and oxygen atoms in total. The molecule has 1 aliphatic rings. The lowest BCUT2D eigenvalue weighted by molar-refractivity contribution is 0.388. The van der Waals surface area contributed by atoms with Gasteiger partial charge in [0.2, 0.25) is 10.0 Å². The van der Waals surface area contributed by atoms with Gasteiger partial charge in [-0.1, -0.05) is 53.6 Å². The second-order valence-electron chi connectivity index (χ2n) is 7.43. The van der Waals surface area contributed by atoms with E-state index in [0.717, 1.165) is 28.2 Å². The molecule has 0 spiro atoms. The van der Waals surface area contributed by atoms with Crippen molar-refractivity contribution in [2.24, 2.45) is 0 Å². The summed E-state index contributed by atoms with van der Waals surface area (Å²) in [5.41, 5.74) is 3.71. The lowest BCUT2D eigenvalue weighted by atomic mass is 10.1. The van der Waals surface area contributed by atoms with Crippen molar-refractivity contribution in [3.8, 4) is 11.3 Å². The molecule has 4 rings (SSSR count). The number of hydrogen-bond acceptors (Lipinski definition) is 5. The molecule has 8 heteroatoms. The van der Waals surface area contributed by atoms with Crippen LogP contribution in [0.25, 0.3) is 17.3 Å². The Morgan fingerprint density at radius 3 is 2.16 bits per heavy atom. The van der Waals surface area contributed by atoms with Gasteiger partial charge < -0.3 is 4.90 Å². The van der Waals surface area contributed by atoms with Gasteiger partial charge in [-0.15, -0.1) is 10.2 Å². The molecule has 1 aromatic heterocycles. The molecule has 3 aromatic rings. The molecule has 2 heterocycles. The van der Waals surface area contributed by atoms with Gasteiger partial charge in [0.05, 0.1) is 5.69 Å². The first-order valence-electron chi connectivity index (χ1n) is 10.0. The molecule has 0 amide bonds. The Morgan fingerprint density at radius 1 is 0.871 bits per heavy atom. The van der Waals surface area contributed by atoms with E-state index in [1.54, 1.807) is 6.08 Å². The summed E-state index contributed by atoms with van der Waals surface area (Å²) in [6.45, 7) is 3.93.